The molecule has 0 aromatic heterocycles. The highest BCUT2D eigenvalue weighted by Gasteiger charge is 1.89. The summed E-state index contributed by atoms with van der Waals surface area (Å²) < 4.78 is 0. The molecule has 14 heavy (non-hydrogen) atoms. The Kier molecular flexibility index (Phi) is 13.3. The van der Waals surface area contributed by atoms with Crippen LogP contribution in [0, 0.1) is 0 Å². The molecule has 0 aromatic rings. The summed E-state index contributed by atoms with van der Waals surface area (Å²) in [6.45, 7) is 13.4. The first-order valence-corrected chi connectivity index (χ1v) is 5.40. The van der Waals surface area contributed by atoms with E-state index >= 15 is 0 Å². The minimum atomic E-state index is 0.0895. The van der Waals surface area contributed by atoms with Crippen molar-refractivity contribution in [1.29, 1.82) is 0 Å². The van der Waals surface area contributed by atoms with Gasteiger partial charge in [-0.3, -0.25) is 0 Å². The third-order valence-electron chi connectivity index (χ3n) is 1.61. The molecule has 82 valence electrons. The number of aliphatic hydroxyl groups excluding tert-OH is 1. The molecule has 0 aromatic carbocycles. The van der Waals surface area contributed by atoms with Crippen molar-refractivity contribution in [3.05, 3.63) is 36.6 Å². The summed E-state index contributed by atoms with van der Waals surface area (Å²) in [6.07, 6.45) is 8.05. The maximum absolute atomic E-state index is 8.75. The molecule has 0 atom stereocenters. The van der Waals surface area contributed by atoms with Crippen molar-refractivity contribution in [1.82, 2.24) is 0 Å². The van der Waals surface area contributed by atoms with E-state index in [1.54, 1.807) is 6.08 Å². The molecule has 0 aliphatic carbocycles. The zero-order valence-electron chi connectivity index (χ0n) is 9.84. The van der Waals surface area contributed by atoms with Gasteiger partial charge in [-0.25, -0.2) is 0 Å². The van der Waals surface area contributed by atoms with Gasteiger partial charge in [0.15, 0.2) is 0 Å². The van der Waals surface area contributed by atoms with Crippen LogP contribution in [-0.2, 0) is 0 Å². The lowest BCUT2D eigenvalue weighted by Gasteiger charge is -1.97. The second-order valence-electron chi connectivity index (χ2n) is 2.94. The van der Waals surface area contributed by atoms with Crippen molar-refractivity contribution >= 4 is 0 Å². The van der Waals surface area contributed by atoms with Crippen LogP contribution < -0.4 is 0 Å². The van der Waals surface area contributed by atoms with Crippen molar-refractivity contribution in [3.8, 4) is 0 Å². The van der Waals surface area contributed by atoms with E-state index in [2.05, 4.69) is 20.1 Å². The van der Waals surface area contributed by atoms with E-state index < -0.39 is 0 Å². The summed E-state index contributed by atoms with van der Waals surface area (Å²) >= 11 is 0. The minimum Gasteiger partial charge on any atom is -0.509 e. The summed E-state index contributed by atoms with van der Waals surface area (Å²) in [5.41, 5.74) is 1.05. The number of hydrogen-bond acceptors (Lipinski definition) is 1. The van der Waals surface area contributed by atoms with Gasteiger partial charge in [-0.15, -0.1) is 0 Å². The number of allylic oxidation sites excluding steroid dienone is 3. The highest BCUT2D eigenvalue weighted by Crippen LogP contribution is 2.08. The van der Waals surface area contributed by atoms with Gasteiger partial charge in [-0.2, -0.15) is 0 Å². The number of rotatable bonds is 6. The van der Waals surface area contributed by atoms with Crippen LogP contribution in [-0.4, -0.2) is 5.11 Å². The Hall–Kier alpha value is -0.980. The van der Waals surface area contributed by atoms with E-state index in [1.807, 2.05) is 19.9 Å². The molecular weight excluding hydrogens is 172 g/mol. The third kappa shape index (κ3) is 13.6. The van der Waals surface area contributed by atoms with E-state index in [0.717, 1.165) is 12.0 Å². The van der Waals surface area contributed by atoms with E-state index in [1.165, 1.54) is 19.3 Å². The summed E-state index contributed by atoms with van der Waals surface area (Å²) in [4.78, 5) is 0. The molecule has 0 saturated heterocycles. The molecule has 0 spiro atoms. The highest BCUT2D eigenvalue weighted by atomic mass is 16.3. The first-order chi connectivity index (χ1) is 6.66. The Morgan fingerprint density at radius 3 is 2.14 bits per heavy atom. The largest absolute Gasteiger partial charge is 0.509 e. The van der Waals surface area contributed by atoms with Crippen molar-refractivity contribution in [2.75, 3.05) is 0 Å². The molecule has 1 nitrogen and oxygen atoms in total. The van der Waals surface area contributed by atoms with Crippen molar-refractivity contribution < 1.29 is 5.11 Å². The van der Waals surface area contributed by atoms with Crippen LogP contribution in [0.5, 0.6) is 0 Å². The lowest BCUT2D eigenvalue weighted by molar-refractivity contribution is 0.435. The molecule has 0 unspecified atom stereocenters. The van der Waals surface area contributed by atoms with Gasteiger partial charge < -0.3 is 5.11 Å². The average molecular weight is 196 g/mol. The molecule has 0 aliphatic heterocycles. The molecule has 0 rings (SSSR count). The Morgan fingerprint density at radius 2 is 1.71 bits per heavy atom. The van der Waals surface area contributed by atoms with Gasteiger partial charge in [-0.05, 0) is 18.9 Å². The van der Waals surface area contributed by atoms with E-state index in [-0.39, 0.29) is 5.76 Å². The van der Waals surface area contributed by atoms with Crippen molar-refractivity contribution in [3.63, 3.8) is 0 Å². The monoisotopic (exact) mass is 196 g/mol. The smallest absolute Gasteiger partial charge is 0.108 e. The van der Waals surface area contributed by atoms with Crippen LogP contribution in [0.25, 0.3) is 0 Å². The van der Waals surface area contributed by atoms with Crippen molar-refractivity contribution in [2.45, 2.75) is 46.5 Å². The SMILES string of the molecule is C=C(O)/C=C\C(=C)CCCCC.CC. The fourth-order valence-electron chi connectivity index (χ4n) is 0.899. The number of hydrogen-bond donors (Lipinski definition) is 1. The Balaban J connectivity index is 0. The summed E-state index contributed by atoms with van der Waals surface area (Å²) in [6, 6.07) is 0. The molecule has 0 heterocycles. The molecule has 0 aliphatic rings. The zero-order chi connectivity index (χ0) is 11.4. The standard InChI is InChI=1S/C11H18O.C2H6/c1-4-5-6-7-10(2)8-9-11(3)12;1-2/h8-9,12H,2-7H2,1H3;1-2H3/b9-8-;. The molecule has 1 N–H and O–H groups in total. The topological polar surface area (TPSA) is 20.2 Å². The normalized spacial score (nSPS) is 9.36. The molecule has 0 radical (unpaired) electrons. The molecule has 0 bridgehead atoms. The van der Waals surface area contributed by atoms with E-state index in [4.69, 9.17) is 5.11 Å². The summed E-state index contributed by atoms with van der Waals surface area (Å²) in [5.74, 6) is 0.0895. The lowest BCUT2D eigenvalue weighted by Crippen LogP contribution is -1.78. The summed E-state index contributed by atoms with van der Waals surface area (Å²) in [7, 11) is 0. The predicted octanol–water partition coefficient (Wildman–Crippen LogP) is 4.78. The Labute approximate surface area is 88.8 Å². The molecule has 1 heteroatoms. The first-order valence-electron chi connectivity index (χ1n) is 5.40. The molecule has 0 amide bonds. The van der Waals surface area contributed by atoms with Gasteiger partial charge in [0, 0.05) is 0 Å². The fourth-order valence-corrected chi connectivity index (χ4v) is 0.899. The predicted molar refractivity (Wildman–Crippen MR) is 65.5 cm³/mol. The van der Waals surface area contributed by atoms with Crippen LogP contribution in [0.15, 0.2) is 36.6 Å². The van der Waals surface area contributed by atoms with Gasteiger partial charge in [0.25, 0.3) is 0 Å². The maximum atomic E-state index is 8.75. The highest BCUT2D eigenvalue weighted by molar-refractivity contribution is 5.20. The molecule has 0 saturated carbocycles. The quantitative estimate of drug-likeness (QED) is 0.368. The van der Waals surface area contributed by atoms with Crippen LogP contribution in [0.4, 0.5) is 0 Å². The summed E-state index contributed by atoms with van der Waals surface area (Å²) in [5, 5.41) is 8.75. The van der Waals surface area contributed by atoms with Crippen molar-refractivity contribution in [2.24, 2.45) is 0 Å². The van der Waals surface area contributed by atoms with Gasteiger partial charge in [0.05, 0.1) is 0 Å². The van der Waals surface area contributed by atoms with E-state index in [0.29, 0.717) is 0 Å². The minimum absolute atomic E-state index is 0.0895. The van der Waals surface area contributed by atoms with Crippen LogP contribution in [0.1, 0.15) is 46.5 Å². The second-order valence-corrected chi connectivity index (χ2v) is 2.94. The average Bonchev–Trinajstić information content (AvgIpc) is 2.18. The zero-order valence-corrected chi connectivity index (χ0v) is 9.84. The molecular formula is C13H24O. The van der Waals surface area contributed by atoms with Crippen LogP contribution in [0.3, 0.4) is 0 Å². The van der Waals surface area contributed by atoms with Gasteiger partial charge in [0.2, 0.25) is 0 Å². The molecule has 0 fully saturated rings. The van der Waals surface area contributed by atoms with Crippen LogP contribution in [0.2, 0.25) is 0 Å². The first kappa shape index (κ1) is 15.5. The third-order valence-corrected chi connectivity index (χ3v) is 1.61. The van der Waals surface area contributed by atoms with Crippen LogP contribution >= 0.6 is 0 Å². The lowest BCUT2D eigenvalue weighted by atomic mass is 10.1. The van der Waals surface area contributed by atoms with Gasteiger partial charge >= 0.3 is 0 Å². The van der Waals surface area contributed by atoms with Gasteiger partial charge in [0.1, 0.15) is 5.76 Å². The van der Waals surface area contributed by atoms with Gasteiger partial charge in [-0.1, -0.05) is 58.4 Å². The number of unbranched alkanes of at least 4 members (excludes halogenated alkanes) is 2. The Bertz CT molecular complexity index is 178. The fraction of sp³-hybridized carbons (Fsp3) is 0.538. The Morgan fingerprint density at radius 1 is 1.14 bits per heavy atom. The van der Waals surface area contributed by atoms with E-state index in [9.17, 15) is 0 Å². The maximum Gasteiger partial charge on any atom is 0.108 e. The number of aliphatic hydroxyl groups is 1. The second kappa shape index (κ2) is 12.0.